The Morgan fingerprint density at radius 3 is 2.33 bits per heavy atom. The predicted octanol–water partition coefficient (Wildman–Crippen LogP) is 3.20. The van der Waals surface area contributed by atoms with Gasteiger partial charge in [-0.05, 0) is 34.9 Å². The fourth-order valence-corrected chi connectivity index (χ4v) is 1.90. The van der Waals surface area contributed by atoms with Crippen LogP contribution in [0.5, 0.6) is 0 Å². The quantitative estimate of drug-likeness (QED) is 0.893. The molecule has 0 aliphatic carbocycles. The van der Waals surface area contributed by atoms with E-state index in [9.17, 15) is 4.79 Å². The summed E-state index contributed by atoms with van der Waals surface area (Å²) in [6, 6.07) is 11.7. The van der Waals surface area contributed by atoms with Crippen molar-refractivity contribution in [3.8, 4) is 11.1 Å². The second-order valence-electron chi connectivity index (χ2n) is 3.85. The van der Waals surface area contributed by atoms with Crippen LogP contribution in [0.2, 0.25) is 5.02 Å². The van der Waals surface area contributed by atoms with E-state index in [0.717, 1.165) is 11.1 Å². The Bertz CT molecular complexity index is 576. The summed E-state index contributed by atoms with van der Waals surface area (Å²) in [4.78, 5) is 11.1. The first-order valence-corrected chi connectivity index (χ1v) is 5.72. The summed E-state index contributed by atoms with van der Waals surface area (Å²) in [5.41, 5.74) is 2.31. The molecule has 2 rings (SSSR count). The first-order chi connectivity index (χ1) is 8.61. The molecule has 0 bridgehead atoms. The van der Waals surface area contributed by atoms with Crippen LogP contribution in [-0.4, -0.2) is 16.2 Å². The van der Waals surface area contributed by atoms with Gasteiger partial charge < -0.3 is 10.2 Å². The minimum atomic E-state index is -0.993. The molecule has 4 heteroatoms. The smallest absolute Gasteiger partial charge is 0.336 e. The number of aromatic carboxylic acids is 1. The fraction of sp³-hybridized carbons (Fsp3) is 0.0714. The van der Waals surface area contributed by atoms with E-state index < -0.39 is 5.97 Å². The van der Waals surface area contributed by atoms with Crippen molar-refractivity contribution in [3.63, 3.8) is 0 Å². The second kappa shape index (κ2) is 5.21. The van der Waals surface area contributed by atoms with Crippen molar-refractivity contribution in [3.05, 3.63) is 58.6 Å². The molecule has 0 aliphatic rings. The van der Waals surface area contributed by atoms with Crippen LogP contribution in [0.1, 0.15) is 15.9 Å². The summed E-state index contributed by atoms with van der Waals surface area (Å²) >= 11 is 5.90. The Kier molecular flexibility index (Phi) is 3.65. The average molecular weight is 263 g/mol. The predicted molar refractivity (Wildman–Crippen MR) is 69.8 cm³/mol. The number of halogens is 1. The summed E-state index contributed by atoms with van der Waals surface area (Å²) in [6.07, 6.45) is 0. The molecule has 2 aromatic rings. The Balaban J connectivity index is 2.54. The summed E-state index contributed by atoms with van der Waals surface area (Å²) in [5, 5.41) is 18.6. The van der Waals surface area contributed by atoms with Crippen LogP contribution in [0.15, 0.2) is 42.5 Å². The molecule has 0 radical (unpaired) electrons. The van der Waals surface area contributed by atoms with Crippen LogP contribution >= 0.6 is 11.6 Å². The van der Waals surface area contributed by atoms with Crippen molar-refractivity contribution in [1.29, 1.82) is 0 Å². The van der Waals surface area contributed by atoms with Gasteiger partial charge in [0.25, 0.3) is 0 Å². The third-order valence-corrected chi connectivity index (χ3v) is 2.89. The number of benzene rings is 2. The van der Waals surface area contributed by atoms with Gasteiger partial charge in [0, 0.05) is 5.02 Å². The Morgan fingerprint density at radius 1 is 1.11 bits per heavy atom. The molecule has 18 heavy (non-hydrogen) atoms. The van der Waals surface area contributed by atoms with Crippen LogP contribution in [0.4, 0.5) is 0 Å². The molecule has 3 nitrogen and oxygen atoms in total. The van der Waals surface area contributed by atoms with Crippen LogP contribution in [0.3, 0.4) is 0 Å². The Hall–Kier alpha value is -1.84. The molecule has 2 N–H and O–H groups in total. The number of hydrogen-bond donors (Lipinski definition) is 2. The standard InChI is InChI=1S/C14H11ClO3/c15-11-5-6-12(14(17)18)13(7-11)10-3-1-9(8-16)2-4-10/h1-7,16H,8H2,(H,17,18). The minimum absolute atomic E-state index is 0.0401. The highest BCUT2D eigenvalue weighted by molar-refractivity contribution is 6.31. The van der Waals surface area contributed by atoms with Gasteiger partial charge in [-0.15, -0.1) is 0 Å². The maximum Gasteiger partial charge on any atom is 0.336 e. The van der Waals surface area contributed by atoms with Crippen LogP contribution in [0.25, 0.3) is 11.1 Å². The number of hydrogen-bond acceptors (Lipinski definition) is 2. The van der Waals surface area contributed by atoms with E-state index >= 15 is 0 Å². The number of aliphatic hydroxyl groups is 1. The Morgan fingerprint density at radius 2 is 1.78 bits per heavy atom. The molecule has 0 atom stereocenters. The lowest BCUT2D eigenvalue weighted by Crippen LogP contribution is -1.99. The summed E-state index contributed by atoms with van der Waals surface area (Å²) in [6.45, 7) is -0.0401. The number of carboxylic acid groups (broad SMARTS) is 1. The monoisotopic (exact) mass is 262 g/mol. The summed E-state index contributed by atoms with van der Waals surface area (Å²) < 4.78 is 0. The third kappa shape index (κ3) is 2.53. The normalized spacial score (nSPS) is 10.3. The van der Waals surface area contributed by atoms with E-state index in [1.54, 1.807) is 36.4 Å². The van der Waals surface area contributed by atoms with Crippen LogP contribution in [0, 0.1) is 0 Å². The van der Waals surface area contributed by atoms with Gasteiger partial charge in [0.1, 0.15) is 0 Å². The molecule has 0 heterocycles. The zero-order chi connectivity index (χ0) is 13.1. The summed E-state index contributed by atoms with van der Waals surface area (Å²) in [5.74, 6) is -0.993. The highest BCUT2D eigenvalue weighted by atomic mass is 35.5. The van der Waals surface area contributed by atoms with Crippen molar-refractivity contribution in [2.45, 2.75) is 6.61 Å². The first kappa shape index (κ1) is 12.6. The van der Waals surface area contributed by atoms with Crippen molar-refractivity contribution >= 4 is 17.6 Å². The highest BCUT2D eigenvalue weighted by Gasteiger charge is 2.12. The van der Waals surface area contributed by atoms with Gasteiger partial charge in [0.05, 0.1) is 12.2 Å². The SMILES string of the molecule is O=C(O)c1ccc(Cl)cc1-c1ccc(CO)cc1. The molecule has 0 saturated heterocycles. The van der Waals surface area contributed by atoms with E-state index in [2.05, 4.69) is 0 Å². The molecule has 0 fully saturated rings. The van der Waals surface area contributed by atoms with Crippen molar-refractivity contribution in [2.75, 3.05) is 0 Å². The van der Waals surface area contributed by atoms with Crippen molar-refractivity contribution in [1.82, 2.24) is 0 Å². The third-order valence-electron chi connectivity index (χ3n) is 2.66. The van der Waals surface area contributed by atoms with E-state index in [-0.39, 0.29) is 12.2 Å². The minimum Gasteiger partial charge on any atom is -0.478 e. The van der Waals surface area contributed by atoms with Gasteiger partial charge in [-0.1, -0.05) is 35.9 Å². The topological polar surface area (TPSA) is 57.5 Å². The number of aliphatic hydroxyl groups excluding tert-OH is 1. The molecule has 0 saturated carbocycles. The molecular formula is C14H11ClO3. The molecule has 92 valence electrons. The van der Waals surface area contributed by atoms with Crippen molar-refractivity contribution in [2.24, 2.45) is 0 Å². The van der Waals surface area contributed by atoms with Gasteiger partial charge in [0.2, 0.25) is 0 Å². The molecular weight excluding hydrogens is 252 g/mol. The lowest BCUT2D eigenvalue weighted by Gasteiger charge is -2.07. The van der Waals surface area contributed by atoms with Crippen LogP contribution in [-0.2, 0) is 6.61 Å². The second-order valence-corrected chi connectivity index (χ2v) is 4.29. The number of rotatable bonds is 3. The number of carbonyl (C=O) groups is 1. The first-order valence-electron chi connectivity index (χ1n) is 5.35. The van der Waals surface area contributed by atoms with Crippen LogP contribution < -0.4 is 0 Å². The van der Waals surface area contributed by atoms with Gasteiger partial charge >= 0.3 is 5.97 Å². The maximum absolute atomic E-state index is 11.1. The molecule has 0 spiro atoms. The maximum atomic E-state index is 11.1. The lowest BCUT2D eigenvalue weighted by atomic mass is 9.99. The zero-order valence-corrected chi connectivity index (χ0v) is 10.2. The van der Waals surface area contributed by atoms with E-state index in [1.165, 1.54) is 6.07 Å². The Labute approximate surface area is 109 Å². The zero-order valence-electron chi connectivity index (χ0n) is 9.43. The highest BCUT2D eigenvalue weighted by Crippen LogP contribution is 2.27. The van der Waals surface area contributed by atoms with Gasteiger partial charge in [-0.2, -0.15) is 0 Å². The number of carboxylic acids is 1. The van der Waals surface area contributed by atoms with Gasteiger partial charge in [-0.25, -0.2) is 4.79 Å². The average Bonchev–Trinajstić information content (AvgIpc) is 2.38. The molecule has 0 aliphatic heterocycles. The van der Waals surface area contributed by atoms with E-state index in [1.807, 2.05) is 0 Å². The fourth-order valence-electron chi connectivity index (χ4n) is 1.73. The lowest BCUT2D eigenvalue weighted by molar-refractivity contribution is 0.0697. The van der Waals surface area contributed by atoms with Gasteiger partial charge in [0.15, 0.2) is 0 Å². The molecule has 2 aromatic carbocycles. The van der Waals surface area contributed by atoms with E-state index in [0.29, 0.717) is 10.6 Å². The summed E-state index contributed by atoms with van der Waals surface area (Å²) in [7, 11) is 0. The van der Waals surface area contributed by atoms with Crippen molar-refractivity contribution < 1.29 is 15.0 Å². The molecule has 0 amide bonds. The van der Waals surface area contributed by atoms with E-state index in [4.69, 9.17) is 21.8 Å². The largest absolute Gasteiger partial charge is 0.478 e. The van der Waals surface area contributed by atoms with Gasteiger partial charge in [-0.3, -0.25) is 0 Å². The molecule has 0 unspecified atom stereocenters. The molecule has 0 aromatic heterocycles.